The van der Waals surface area contributed by atoms with Crippen molar-refractivity contribution < 1.29 is 18.3 Å². The van der Waals surface area contributed by atoms with Gasteiger partial charge in [0.25, 0.3) is 0 Å². The molecule has 0 unspecified atom stereocenters. The van der Waals surface area contributed by atoms with Gasteiger partial charge in [0.15, 0.2) is 0 Å². The van der Waals surface area contributed by atoms with E-state index < -0.39 is 16.0 Å². The molecule has 0 aliphatic heterocycles. The molecule has 3 N–H and O–H groups in total. The number of carboxylic acids is 1. The summed E-state index contributed by atoms with van der Waals surface area (Å²) in [6.07, 6.45) is 1.40. The first-order chi connectivity index (χ1) is 9.34. The summed E-state index contributed by atoms with van der Waals surface area (Å²) in [5.41, 5.74) is 5.64. The molecule has 6 nitrogen and oxygen atoms in total. The molecule has 20 heavy (non-hydrogen) atoms. The summed E-state index contributed by atoms with van der Waals surface area (Å²) in [5, 5.41) is 8.87. The van der Waals surface area contributed by atoms with Crippen LogP contribution >= 0.6 is 0 Å². The van der Waals surface area contributed by atoms with Crippen LogP contribution in [0.15, 0.2) is 23.1 Å². The maximum atomic E-state index is 12.5. The third-order valence-electron chi connectivity index (χ3n) is 2.82. The first-order valence-corrected chi connectivity index (χ1v) is 7.91. The number of carboxylic acid groups (broad SMARTS) is 1. The number of hydrogen-bond acceptors (Lipinski definition) is 4. The SMILES string of the molecule is CCCN(CCC)S(=O)(=O)c1ccc(C(=O)O)cc1N. The van der Waals surface area contributed by atoms with E-state index in [-0.39, 0.29) is 16.1 Å². The number of nitrogens with two attached hydrogens (primary N) is 1. The van der Waals surface area contributed by atoms with Crippen molar-refractivity contribution in [3.05, 3.63) is 23.8 Å². The zero-order valence-electron chi connectivity index (χ0n) is 11.7. The molecule has 1 aromatic carbocycles. The molecule has 1 aromatic rings. The summed E-state index contributed by atoms with van der Waals surface area (Å²) in [6, 6.07) is 3.68. The van der Waals surface area contributed by atoms with Gasteiger partial charge in [0, 0.05) is 13.1 Å². The summed E-state index contributed by atoms with van der Waals surface area (Å²) in [6.45, 7) is 4.62. The van der Waals surface area contributed by atoms with Crippen LogP contribution in [-0.2, 0) is 10.0 Å². The second kappa shape index (κ2) is 6.71. The Hall–Kier alpha value is -1.60. The van der Waals surface area contributed by atoms with Crippen molar-refractivity contribution >= 4 is 21.7 Å². The number of aromatic carboxylic acids is 1. The minimum absolute atomic E-state index is 0.0287. The van der Waals surface area contributed by atoms with Gasteiger partial charge in [-0.05, 0) is 31.0 Å². The maximum Gasteiger partial charge on any atom is 0.335 e. The van der Waals surface area contributed by atoms with E-state index in [0.29, 0.717) is 25.9 Å². The highest BCUT2D eigenvalue weighted by molar-refractivity contribution is 7.89. The van der Waals surface area contributed by atoms with Gasteiger partial charge in [-0.2, -0.15) is 4.31 Å². The van der Waals surface area contributed by atoms with Gasteiger partial charge in [-0.3, -0.25) is 0 Å². The molecule has 0 heterocycles. The van der Waals surface area contributed by atoms with Gasteiger partial charge in [-0.25, -0.2) is 13.2 Å². The van der Waals surface area contributed by atoms with Crippen LogP contribution in [0.5, 0.6) is 0 Å². The monoisotopic (exact) mass is 300 g/mol. The molecule has 0 radical (unpaired) electrons. The molecule has 0 aliphatic rings. The first kappa shape index (κ1) is 16.5. The molecule has 0 fully saturated rings. The average Bonchev–Trinajstić information content (AvgIpc) is 2.37. The lowest BCUT2D eigenvalue weighted by Gasteiger charge is -2.21. The van der Waals surface area contributed by atoms with Gasteiger partial charge in [0.05, 0.1) is 11.3 Å². The minimum Gasteiger partial charge on any atom is -0.478 e. The largest absolute Gasteiger partial charge is 0.478 e. The number of sulfonamides is 1. The normalized spacial score (nSPS) is 11.8. The van der Waals surface area contributed by atoms with Crippen LogP contribution in [0.1, 0.15) is 37.0 Å². The molecule has 0 saturated heterocycles. The Morgan fingerprint density at radius 2 is 1.80 bits per heavy atom. The smallest absolute Gasteiger partial charge is 0.335 e. The van der Waals surface area contributed by atoms with Crippen LogP contribution in [0.25, 0.3) is 0 Å². The molecule has 7 heteroatoms. The number of hydrogen-bond donors (Lipinski definition) is 2. The number of benzene rings is 1. The number of rotatable bonds is 7. The average molecular weight is 300 g/mol. The first-order valence-electron chi connectivity index (χ1n) is 6.47. The summed E-state index contributed by atoms with van der Waals surface area (Å²) in [4.78, 5) is 10.8. The lowest BCUT2D eigenvalue weighted by Crippen LogP contribution is -2.33. The topological polar surface area (TPSA) is 101 Å². The van der Waals surface area contributed by atoms with Crippen molar-refractivity contribution in [1.29, 1.82) is 0 Å². The molecular formula is C13H20N2O4S. The zero-order chi connectivity index (χ0) is 15.3. The molecule has 0 spiro atoms. The van der Waals surface area contributed by atoms with E-state index in [9.17, 15) is 13.2 Å². The van der Waals surface area contributed by atoms with Crippen molar-refractivity contribution in [2.45, 2.75) is 31.6 Å². The lowest BCUT2D eigenvalue weighted by molar-refractivity contribution is 0.0697. The van der Waals surface area contributed by atoms with Crippen LogP contribution in [0, 0.1) is 0 Å². The fourth-order valence-corrected chi connectivity index (χ4v) is 3.63. The second-order valence-electron chi connectivity index (χ2n) is 4.46. The van der Waals surface area contributed by atoms with E-state index in [1.807, 2.05) is 13.8 Å². The summed E-state index contributed by atoms with van der Waals surface area (Å²) in [7, 11) is -3.68. The number of anilines is 1. The summed E-state index contributed by atoms with van der Waals surface area (Å²) in [5.74, 6) is -1.14. The van der Waals surface area contributed by atoms with E-state index in [1.54, 1.807) is 0 Å². The van der Waals surface area contributed by atoms with Crippen molar-refractivity contribution in [3.8, 4) is 0 Å². The fraction of sp³-hybridized carbons (Fsp3) is 0.462. The van der Waals surface area contributed by atoms with Crippen molar-refractivity contribution in [3.63, 3.8) is 0 Å². The third-order valence-corrected chi connectivity index (χ3v) is 4.79. The van der Waals surface area contributed by atoms with Crippen LogP contribution in [-0.4, -0.2) is 36.9 Å². The fourth-order valence-electron chi connectivity index (χ4n) is 1.91. The van der Waals surface area contributed by atoms with Crippen LogP contribution < -0.4 is 5.73 Å². The number of nitrogen functional groups attached to an aromatic ring is 1. The predicted octanol–water partition coefficient (Wildman–Crippen LogP) is 1.78. The van der Waals surface area contributed by atoms with Crippen LogP contribution in [0.2, 0.25) is 0 Å². The van der Waals surface area contributed by atoms with Crippen LogP contribution in [0.3, 0.4) is 0 Å². The third kappa shape index (κ3) is 3.49. The minimum atomic E-state index is -3.68. The molecule has 0 aromatic heterocycles. The van der Waals surface area contributed by atoms with Crippen molar-refractivity contribution in [2.24, 2.45) is 0 Å². The van der Waals surface area contributed by atoms with Gasteiger partial charge >= 0.3 is 5.97 Å². The van der Waals surface area contributed by atoms with E-state index in [0.717, 1.165) is 0 Å². The highest BCUT2D eigenvalue weighted by Gasteiger charge is 2.25. The molecular weight excluding hydrogens is 280 g/mol. The molecule has 0 atom stereocenters. The lowest BCUT2D eigenvalue weighted by atomic mass is 10.2. The number of carbonyl (C=O) groups is 1. The zero-order valence-corrected chi connectivity index (χ0v) is 12.5. The van der Waals surface area contributed by atoms with Crippen LogP contribution in [0.4, 0.5) is 5.69 Å². The Labute approximate surface area is 119 Å². The summed E-state index contributed by atoms with van der Waals surface area (Å²) < 4.78 is 26.4. The molecule has 0 bridgehead atoms. The van der Waals surface area contributed by atoms with E-state index in [2.05, 4.69) is 0 Å². The highest BCUT2D eigenvalue weighted by Crippen LogP contribution is 2.24. The molecule has 112 valence electrons. The van der Waals surface area contributed by atoms with Gasteiger partial charge in [-0.1, -0.05) is 13.8 Å². The van der Waals surface area contributed by atoms with Gasteiger partial charge in [0.1, 0.15) is 4.90 Å². The predicted molar refractivity (Wildman–Crippen MR) is 77.2 cm³/mol. The second-order valence-corrected chi connectivity index (χ2v) is 6.37. The Morgan fingerprint density at radius 1 is 1.25 bits per heavy atom. The highest BCUT2D eigenvalue weighted by atomic mass is 32.2. The van der Waals surface area contributed by atoms with Gasteiger partial charge < -0.3 is 10.8 Å². The molecule has 1 rings (SSSR count). The molecule has 0 amide bonds. The van der Waals surface area contributed by atoms with E-state index in [4.69, 9.17) is 10.8 Å². The Bertz CT molecular complexity index is 578. The summed E-state index contributed by atoms with van der Waals surface area (Å²) >= 11 is 0. The van der Waals surface area contributed by atoms with E-state index >= 15 is 0 Å². The maximum absolute atomic E-state index is 12.5. The Morgan fingerprint density at radius 3 is 2.20 bits per heavy atom. The van der Waals surface area contributed by atoms with Gasteiger partial charge in [-0.15, -0.1) is 0 Å². The standard InChI is InChI=1S/C13H20N2O4S/c1-3-7-15(8-4-2)20(18,19)12-6-5-10(13(16)17)9-11(12)14/h5-6,9H,3-4,7-8,14H2,1-2H3,(H,16,17). The Balaban J connectivity index is 3.23. The Kier molecular flexibility index (Phi) is 5.52. The molecule has 0 aliphatic carbocycles. The molecule has 0 saturated carbocycles. The van der Waals surface area contributed by atoms with Crippen molar-refractivity contribution in [1.82, 2.24) is 4.31 Å². The van der Waals surface area contributed by atoms with Gasteiger partial charge in [0.2, 0.25) is 10.0 Å². The van der Waals surface area contributed by atoms with E-state index in [1.165, 1.54) is 22.5 Å². The van der Waals surface area contributed by atoms with Crippen molar-refractivity contribution in [2.75, 3.05) is 18.8 Å². The quantitative estimate of drug-likeness (QED) is 0.747. The number of nitrogens with zero attached hydrogens (tertiary/aromatic N) is 1.